The van der Waals surface area contributed by atoms with Crippen molar-refractivity contribution < 1.29 is 9.47 Å². The minimum Gasteiger partial charge on any atom is -0.457 e. The highest BCUT2D eigenvalue weighted by Crippen LogP contribution is 2.66. The van der Waals surface area contributed by atoms with E-state index >= 15 is 0 Å². The fourth-order valence-corrected chi connectivity index (χ4v) is 12.8. The molecule has 0 fully saturated rings. The molecule has 2 heterocycles. The van der Waals surface area contributed by atoms with Crippen LogP contribution in [0.2, 0.25) is 0 Å². The zero-order valence-electron chi connectivity index (χ0n) is 37.4. The summed E-state index contributed by atoms with van der Waals surface area (Å²) >= 11 is 0. The minimum atomic E-state index is -0.610. The van der Waals surface area contributed by atoms with Crippen LogP contribution in [0.5, 0.6) is 23.0 Å². The maximum atomic E-state index is 6.73. The predicted molar refractivity (Wildman–Crippen MR) is 279 cm³/mol. The van der Waals surface area contributed by atoms with Crippen LogP contribution in [0.3, 0.4) is 0 Å². The van der Waals surface area contributed by atoms with Crippen molar-refractivity contribution in [1.82, 2.24) is 0 Å². The van der Waals surface area contributed by atoms with E-state index in [1.807, 2.05) is 0 Å². The van der Waals surface area contributed by atoms with Gasteiger partial charge in [0.1, 0.15) is 23.0 Å². The van der Waals surface area contributed by atoms with E-state index in [0.29, 0.717) is 0 Å². The van der Waals surface area contributed by atoms with Crippen LogP contribution in [-0.4, -0.2) is 0 Å². The summed E-state index contributed by atoms with van der Waals surface area (Å²) in [4.78, 5) is 2.52. The van der Waals surface area contributed by atoms with Gasteiger partial charge in [0, 0.05) is 39.1 Å². The second kappa shape index (κ2) is 14.3. The maximum Gasteiger partial charge on any atom is 0.132 e. The van der Waals surface area contributed by atoms with E-state index < -0.39 is 10.8 Å². The highest BCUT2D eigenvalue weighted by molar-refractivity contribution is 6.05. The number of benzene rings is 11. The van der Waals surface area contributed by atoms with Crippen molar-refractivity contribution in [3.8, 4) is 56.4 Å². The molecule has 3 nitrogen and oxygen atoms in total. The van der Waals surface area contributed by atoms with E-state index in [1.54, 1.807) is 0 Å². The number of anilines is 3. The normalized spacial score (nSPS) is 14.3. The van der Waals surface area contributed by atoms with Gasteiger partial charge in [-0.05, 0) is 104 Å². The first-order chi connectivity index (χ1) is 34.2. The van der Waals surface area contributed by atoms with Crippen LogP contribution in [-0.2, 0) is 10.8 Å². The Balaban J connectivity index is 1.02. The molecule has 322 valence electrons. The van der Waals surface area contributed by atoms with Gasteiger partial charge in [0.05, 0.1) is 22.2 Å². The maximum absolute atomic E-state index is 6.73. The molecule has 0 saturated heterocycles. The highest BCUT2D eigenvalue weighted by atomic mass is 16.5. The van der Waals surface area contributed by atoms with Crippen LogP contribution >= 0.6 is 0 Å². The first-order valence-electron chi connectivity index (χ1n) is 23.8. The Morgan fingerprint density at radius 3 is 1.42 bits per heavy atom. The summed E-state index contributed by atoms with van der Waals surface area (Å²) in [6.45, 7) is 0. The molecular weight excluding hydrogens is 839 g/mol. The SMILES string of the molecule is c1ccc(-c2ccccc2N(c2ccc3c4c(ccc3c2)-c2ccccc2C42c3ccccc3Oc3ccccc32)c2cccc3c2-c2ccccc2C32c3ccccc3Oc3ccccc32)cc1. The Morgan fingerprint density at radius 2 is 0.783 bits per heavy atom. The van der Waals surface area contributed by atoms with Gasteiger partial charge in [-0.1, -0.05) is 200 Å². The van der Waals surface area contributed by atoms with Gasteiger partial charge >= 0.3 is 0 Å². The van der Waals surface area contributed by atoms with Crippen molar-refractivity contribution in [1.29, 1.82) is 0 Å². The predicted octanol–water partition coefficient (Wildman–Crippen LogP) is 16.9. The Hall–Kier alpha value is -8.92. The summed E-state index contributed by atoms with van der Waals surface area (Å²) in [6.07, 6.45) is 0. The number of rotatable bonds is 4. The van der Waals surface area contributed by atoms with Gasteiger partial charge in [-0.2, -0.15) is 0 Å². The van der Waals surface area contributed by atoms with Crippen molar-refractivity contribution in [2.75, 3.05) is 4.90 Å². The molecule has 0 atom stereocenters. The Kier molecular flexibility index (Phi) is 7.92. The largest absolute Gasteiger partial charge is 0.457 e. The van der Waals surface area contributed by atoms with Crippen molar-refractivity contribution in [3.05, 3.63) is 293 Å². The molecule has 2 aliphatic carbocycles. The molecule has 0 saturated carbocycles. The van der Waals surface area contributed by atoms with Crippen LogP contribution in [0, 0.1) is 0 Å². The molecule has 0 bridgehead atoms. The molecular formula is C66H41NO2. The van der Waals surface area contributed by atoms with E-state index in [0.717, 1.165) is 73.4 Å². The lowest BCUT2D eigenvalue weighted by Crippen LogP contribution is -2.32. The molecule has 0 amide bonds. The Morgan fingerprint density at radius 1 is 0.304 bits per heavy atom. The minimum absolute atomic E-state index is 0.591. The number of nitrogens with zero attached hydrogens (tertiary/aromatic N) is 1. The van der Waals surface area contributed by atoms with Gasteiger partial charge in [-0.15, -0.1) is 0 Å². The molecule has 0 unspecified atom stereocenters. The second-order valence-electron chi connectivity index (χ2n) is 18.6. The van der Waals surface area contributed by atoms with Crippen LogP contribution in [0.25, 0.3) is 44.2 Å². The number of para-hydroxylation sites is 5. The Labute approximate surface area is 400 Å². The summed E-state index contributed by atoms with van der Waals surface area (Å²) in [5, 5.41) is 2.38. The van der Waals surface area contributed by atoms with Crippen LogP contribution < -0.4 is 14.4 Å². The van der Waals surface area contributed by atoms with Gasteiger partial charge < -0.3 is 14.4 Å². The molecule has 3 heteroatoms. The topological polar surface area (TPSA) is 21.7 Å². The van der Waals surface area contributed by atoms with E-state index in [9.17, 15) is 0 Å². The lowest BCUT2D eigenvalue weighted by molar-refractivity contribution is 0.436. The average molecular weight is 880 g/mol. The standard InChI is InChI=1S/C66H41NO2/c1-2-19-42(20-3-1)45-21-6-13-31-57(45)67(58-32-18-30-56-63(58)49-23-5-8-25-51(49)65(56)52-26-9-14-33-59(52)68-60-34-15-10-27-53(60)65)44-38-40-46-43(41-44)37-39-48-47-22-4-7-24-50(47)66(64(46)48)54-28-11-16-35-61(54)69-62-36-17-12-29-55(62)66/h1-41H. The molecule has 0 N–H and O–H groups in total. The molecule has 15 rings (SSSR count). The summed E-state index contributed by atoms with van der Waals surface area (Å²) in [6, 6.07) is 90.9. The summed E-state index contributed by atoms with van der Waals surface area (Å²) in [5.74, 6) is 3.54. The monoisotopic (exact) mass is 879 g/mol. The lowest BCUT2D eigenvalue weighted by atomic mass is 9.65. The fourth-order valence-electron chi connectivity index (χ4n) is 12.8. The number of hydrogen-bond donors (Lipinski definition) is 0. The zero-order valence-corrected chi connectivity index (χ0v) is 37.4. The average Bonchev–Trinajstić information content (AvgIpc) is 3.88. The third kappa shape index (κ3) is 5.01. The Bertz CT molecular complexity index is 3850. The number of fused-ring (bicyclic) bond motifs is 20. The van der Waals surface area contributed by atoms with Crippen molar-refractivity contribution in [2.24, 2.45) is 0 Å². The quantitative estimate of drug-likeness (QED) is 0.176. The smallest absolute Gasteiger partial charge is 0.132 e. The van der Waals surface area contributed by atoms with Crippen LogP contribution in [0.1, 0.15) is 44.5 Å². The molecule has 2 spiro atoms. The first kappa shape index (κ1) is 38.2. The molecule has 11 aromatic rings. The van der Waals surface area contributed by atoms with Gasteiger partial charge in [0.15, 0.2) is 0 Å². The first-order valence-corrected chi connectivity index (χ1v) is 23.8. The number of ether oxygens (including phenoxy) is 2. The van der Waals surface area contributed by atoms with Crippen molar-refractivity contribution >= 4 is 27.8 Å². The molecule has 4 aliphatic rings. The van der Waals surface area contributed by atoms with Gasteiger partial charge in [0.2, 0.25) is 0 Å². The number of hydrogen-bond acceptors (Lipinski definition) is 3. The molecule has 0 radical (unpaired) electrons. The molecule has 0 aromatic heterocycles. The summed E-state index contributed by atoms with van der Waals surface area (Å²) in [5.41, 5.74) is 19.0. The van der Waals surface area contributed by atoms with E-state index in [-0.39, 0.29) is 0 Å². The summed E-state index contributed by atoms with van der Waals surface area (Å²) < 4.78 is 13.5. The van der Waals surface area contributed by atoms with E-state index in [2.05, 4.69) is 254 Å². The van der Waals surface area contributed by atoms with E-state index in [4.69, 9.17) is 9.47 Å². The third-order valence-corrected chi connectivity index (χ3v) is 15.4. The molecule has 11 aromatic carbocycles. The van der Waals surface area contributed by atoms with Crippen molar-refractivity contribution in [3.63, 3.8) is 0 Å². The molecule has 69 heavy (non-hydrogen) atoms. The fraction of sp³-hybridized carbons (Fsp3) is 0.0303. The second-order valence-corrected chi connectivity index (χ2v) is 18.6. The van der Waals surface area contributed by atoms with Gasteiger partial charge in [0.25, 0.3) is 0 Å². The van der Waals surface area contributed by atoms with Gasteiger partial charge in [-0.3, -0.25) is 0 Å². The van der Waals surface area contributed by atoms with E-state index in [1.165, 1.54) is 55.3 Å². The van der Waals surface area contributed by atoms with Crippen LogP contribution in [0.15, 0.2) is 249 Å². The lowest BCUT2D eigenvalue weighted by Gasteiger charge is -2.40. The highest BCUT2D eigenvalue weighted by Gasteiger charge is 2.53. The molecule has 2 aliphatic heterocycles. The third-order valence-electron chi connectivity index (χ3n) is 15.4. The summed E-state index contributed by atoms with van der Waals surface area (Å²) in [7, 11) is 0. The van der Waals surface area contributed by atoms with Crippen LogP contribution in [0.4, 0.5) is 17.1 Å². The van der Waals surface area contributed by atoms with Gasteiger partial charge in [-0.25, -0.2) is 0 Å². The zero-order chi connectivity index (χ0) is 45.3. The van der Waals surface area contributed by atoms with Crippen molar-refractivity contribution in [2.45, 2.75) is 10.8 Å².